The molecule has 0 fully saturated rings. The average Bonchev–Trinajstić information content (AvgIpc) is 3.21. The molecule has 4 amide bonds. The van der Waals surface area contributed by atoms with Crippen molar-refractivity contribution >= 4 is 72.3 Å². The molecule has 4 N–H and O–H groups in total. The Morgan fingerprint density at radius 1 is 1.09 bits per heavy atom. The lowest BCUT2D eigenvalue weighted by atomic mass is 9.98. The summed E-state index contributed by atoms with van der Waals surface area (Å²) in [6.45, 7) is 0. The van der Waals surface area contributed by atoms with Gasteiger partial charge in [0.25, 0.3) is 15.9 Å². The van der Waals surface area contributed by atoms with Gasteiger partial charge in [0, 0.05) is 5.56 Å². The van der Waals surface area contributed by atoms with E-state index in [2.05, 4.69) is 10.3 Å². The molecular formula is C19H14ClN5O7S3. The number of hydrogen-bond acceptors (Lipinski definition) is 9. The minimum atomic E-state index is -4.14. The van der Waals surface area contributed by atoms with Gasteiger partial charge in [-0.05, 0) is 42.0 Å². The smallest absolute Gasteiger partial charge is 0.306 e. The lowest BCUT2D eigenvalue weighted by molar-refractivity contribution is -0.117. The van der Waals surface area contributed by atoms with E-state index in [9.17, 15) is 31.2 Å². The van der Waals surface area contributed by atoms with Gasteiger partial charge >= 0.3 is 6.03 Å². The Balaban J connectivity index is 1.51. The molecule has 0 aliphatic carbocycles. The van der Waals surface area contributed by atoms with E-state index >= 15 is 0 Å². The number of carbonyl (C=O) groups is 3. The molecule has 182 valence electrons. The molecule has 1 aliphatic rings. The Morgan fingerprint density at radius 2 is 1.83 bits per heavy atom. The van der Waals surface area contributed by atoms with Gasteiger partial charge in [0.15, 0.2) is 0 Å². The topological polar surface area (TPSA) is 186 Å². The van der Waals surface area contributed by atoms with Crippen molar-refractivity contribution < 1.29 is 31.2 Å². The van der Waals surface area contributed by atoms with Gasteiger partial charge in [-0.2, -0.15) is 0 Å². The molecule has 0 radical (unpaired) electrons. The van der Waals surface area contributed by atoms with Crippen molar-refractivity contribution in [1.29, 1.82) is 0 Å². The van der Waals surface area contributed by atoms with E-state index in [4.69, 9.17) is 16.7 Å². The maximum Gasteiger partial charge on any atom is 0.333 e. The maximum absolute atomic E-state index is 12.9. The Labute approximate surface area is 207 Å². The molecule has 0 bridgehead atoms. The molecule has 16 heteroatoms. The molecule has 3 heterocycles. The predicted molar refractivity (Wildman–Crippen MR) is 126 cm³/mol. The predicted octanol–water partition coefficient (Wildman–Crippen LogP) is 1.68. The zero-order chi connectivity index (χ0) is 25.5. The number of imide groups is 1. The summed E-state index contributed by atoms with van der Waals surface area (Å²) >= 11 is 6.49. The molecule has 0 atom stereocenters. The third-order valence-electron chi connectivity index (χ3n) is 4.71. The number of anilines is 2. The number of nitrogens with two attached hydrogens (primary N) is 1. The summed E-state index contributed by atoms with van der Waals surface area (Å²) in [4.78, 5) is 42.1. The lowest BCUT2D eigenvalue weighted by Gasteiger charge is -2.26. The number of thiophene rings is 1. The molecule has 3 aromatic rings. The molecule has 35 heavy (non-hydrogen) atoms. The Kier molecular flexibility index (Phi) is 6.37. The zero-order valence-corrected chi connectivity index (χ0v) is 20.5. The lowest BCUT2D eigenvalue weighted by Crippen LogP contribution is -2.43. The number of amides is 4. The number of sulfonamides is 2. The van der Waals surface area contributed by atoms with Gasteiger partial charge in [-0.1, -0.05) is 17.7 Å². The minimum absolute atomic E-state index is 0.0154. The van der Waals surface area contributed by atoms with Crippen LogP contribution in [0.3, 0.4) is 0 Å². The molecule has 0 unspecified atom stereocenters. The first-order chi connectivity index (χ1) is 16.3. The number of pyridine rings is 1. The van der Waals surface area contributed by atoms with Gasteiger partial charge in [-0.15, -0.1) is 11.3 Å². The highest BCUT2D eigenvalue weighted by Gasteiger charge is 2.34. The van der Waals surface area contributed by atoms with Gasteiger partial charge in [-0.25, -0.2) is 41.4 Å². The van der Waals surface area contributed by atoms with Crippen LogP contribution >= 0.6 is 22.9 Å². The first kappa shape index (κ1) is 24.7. The quantitative estimate of drug-likeness (QED) is 0.397. The van der Waals surface area contributed by atoms with Crippen LogP contribution in [0, 0.1) is 0 Å². The molecule has 4 rings (SSSR count). The number of halogens is 1. The normalized spacial score (nSPS) is 13.9. The molecule has 0 saturated carbocycles. The van der Waals surface area contributed by atoms with Crippen LogP contribution in [0.15, 0.2) is 57.8 Å². The number of urea groups is 1. The SMILES string of the molecule is NS(=O)(=O)c1ccc2c(c1)C(=O)N(c1ccc(NC(=O)NS(=O)(=O)c3ccc(Cl)s3)cn1)C(=O)C2. The van der Waals surface area contributed by atoms with Gasteiger partial charge in [-0.3, -0.25) is 9.59 Å². The number of nitrogens with zero attached hydrogens (tertiary/aromatic N) is 2. The van der Waals surface area contributed by atoms with Crippen LogP contribution in [0.1, 0.15) is 15.9 Å². The van der Waals surface area contributed by atoms with E-state index in [1.54, 1.807) is 0 Å². The summed E-state index contributed by atoms with van der Waals surface area (Å²) in [6.07, 6.45) is 0.932. The summed E-state index contributed by atoms with van der Waals surface area (Å²) in [7, 11) is -8.21. The number of benzene rings is 1. The fourth-order valence-electron chi connectivity index (χ4n) is 3.16. The van der Waals surface area contributed by atoms with Crippen molar-refractivity contribution in [2.45, 2.75) is 15.5 Å². The Bertz CT molecular complexity index is 1580. The van der Waals surface area contributed by atoms with E-state index in [0.717, 1.165) is 28.5 Å². The third-order valence-corrected chi connectivity index (χ3v) is 8.67. The molecule has 1 aromatic carbocycles. The summed E-state index contributed by atoms with van der Waals surface area (Å²) in [5.74, 6) is -1.48. The highest BCUT2D eigenvalue weighted by Crippen LogP contribution is 2.27. The summed E-state index contributed by atoms with van der Waals surface area (Å²) in [5, 5.41) is 7.40. The highest BCUT2D eigenvalue weighted by atomic mass is 35.5. The van der Waals surface area contributed by atoms with Crippen LogP contribution in [0.2, 0.25) is 4.34 Å². The van der Waals surface area contributed by atoms with Crippen molar-refractivity contribution in [1.82, 2.24) is 9.71 Å². The van der Waals surface area contributed by atoms with Crippen LogP contribution < -0.4 is 20.1 Å². The van der Waals surface area contributed by atoms with E-state index in [1.807, 2.05) is 4.72 Å². The van der Waals surface area contributed by atoms with Gasteiger partial charge in [0.2, 0.25) is 15.9 Å². The summed E-state index contributed by atoms with van der Waals surface area (Å²) in [5.41, 5.74) is 0.393. The van der Waals surface area contributed by atoms with Crippen molar-refractivity contribution in [3.8, 4) is 0 Å². The molecule has 12 nitrogen and oxygen atoms in total. The standard InChI is InChI=1S/C19H14ClN5O7S3/c20-14-4-6-17(33-14)35(31,32)24-19(28)23-11-2-5-15(22-9-11)25-16(26)7-10-1-3-12(34(21,29)30)8-13(10)18(25)27/h1-6,8-9H,7H2,(H2,21,29,30)(H2,23,24,28). The first-order valence-electron chi connectivity index (χ1n) is 9.43. The number of nitrogens with one attached hydrogen (secondary N) is 2. The highest BCUT2D eigenvalue weighted by molar-refractivity contribution is 7.92. The van der Waals surface area contributed by atoms with E-state index in [-0.39, 0.29) is 36.9 Å². The van der Waals surface area contributed by atoms with E-state index in [0.29, 0.717) is 5.56 Å². The van der Waals surface area contributed by atoms with Crippen molar-refractivity contribution in [2.75, 3.05) is 10.2 Å². The van der Waals surface area contributed by atoms with Gasteiger partial charge < -0.3 is 5.32 Å². The molecule has 2 aromatic heterocycles. The van der Waals surface area contributed by atoms with Crippen LogP contribution in [-0.4, -0.2) is 39.7 Å². The number of carbonyl (C=O) groups excluding carboxylic acids is 3. The van der Waals surface area contributed by atoms with Crippen LogP contribution in [0.25, 0.3) is 0 Å². The summed E-state index contributed by atoms with van der Waals surface area (Å²) < 4.78 is 49.6. The third kappa shape index (κ3) is 5.18. The second-order valence-electron chi connectivity index (χ2n) is 7.10. The van der Waals surface area contributed by atoms with E-state index < -0.39 is 37.9 Å². The fraction of sp³-hybridized carbons (Fsp3) is 0.0526. The molecule has 0 spiro atoms. The Hall–Kier alpha value is -3.37. The average molecular weight is 556 g/mol. The van der Waals surface area contributed by atoms with Crippen LogP contribution in [0.5, 0.6) is 0 Å². The number of hydrogen-bond donors (Lipinski definition) is 3. The van der Waals surface area contributed by atoms with Crippen molar-refractivity contribution in [3.63, 3.8) is 0 Å². The number of aromatic nitrogens is 1. The van der Waals surface area contributed by atoms with Crippen molar-refractivity contribution in [2.24, 2.45) is 5.14 Å². The maximum atomic E-state index is 12.9. The number of primary sulfonamides is 1. The van der Waals surface area contributed by atoms with Gasteiger partial charge in [0.1, 0.15) is 10.0 Å². The monoisotopic (exact) mass is 555 g/mol. The molecular weight excluding hydrogens is 542 g/mol. The van der Waals surface area contributed by atoms with Crippen molar-refractivity contribution in [3.05, 3.63) is 64.1 Å². The second-order valence-corrected chi connectivity index (χ2v) is 12.3. The number of rotatable bonds is 5. The second kappa shape index (κ2) is 9.01. The van der Waals surface area contributed by atoms with Gasteiger partial charge in [0.05, 0.1) is 27.5 Å². The number of fused-ring (bicyclic) bond motifs is 1. The van der Waals surface area contributed by atoms with Crippen LogP contribution in [0.4, 0.5) is 16.3 Å². The zero-order valence-electron chi connectivity index (χ0n) is 17.3. The Morgan fingerprint density at radius 3 is 2.43 bits per heavy atom. The minimum Gasteiger partial charge on any atom is -0.306 e. The largest absolute Gasteiger partial charge is 0.333 e. The molecule has 0 saturated heterocycles. The summed E-state index contributed by atoms with van der Waals surface area (Å²) in [6, 6.07) is 7.75. The van der Waals surface area contributed by atoms with E-state index in [1.165, 1.54) is 36.4 Å². The van der Waals surface area contributed by atoms with Crippen LogP contribution in [-0.2, 0) is 31.3 Å². The molecule has 1 aliphatic heterocycles. The first-order valence-corrected chi connectivity index (χ1v) is 13.7. The fourth-order valence-corrected chi connectivity index (χ4v) is 6.09.